The lowest BCUT2D eigenvalue weighted by Gasteiger charge is -2.32. The lowest BCUT2D eigenvalue weighted by atomic mass is 9.93. The summed E-state index contributed by atoms with van der Waals surface area (Å²) in [6.45, 7) is 5.56. The molecule has 3 heterocycles. The van der Waals surface area contributed by atoms with Crippen LogP contribution in [0.15, 0.2) is 24.4 Å². The molecule has 2 aromatic rings. The van der Waals surface area contributed by atoms with Crippen molar-refractivity contribution >= 4 is 17.1 Å². The average molecular weight is 338 g/mol. The van der Waals surface area contributed by atoms with E-state index in [9.17, 15) is 4.79 Å². The molecule has 1 saturated heterocycles. The van der Waals surface area contributed by atoms with Gasteiger partial charge in [-0.2, -0.15) is 0 Å². The van der Waals surface area contributed by atoms with Crippen LogP contribution in [0.3, 0.4) is 0 Å². The Morgan fingerprint density at radius 1 is 1.16 bits per heavy atom. The highest BCUT2D eigenvalue weighted by Gasteiger charge is 2.26. The summed E-state index contributed by atoms with van der Waals surface area (Å²) < 4.78 is 0. The van der Waals surface area contributed by atoms with Crippen LogP contribution in [-0.4, -0.2) is 40.0 Å². The molecule has 2 aliphatic rings. The fourth-order valence-electron chi connectivity index (χ4n) is 3.63. The quantitative estimate of drug-likeness (QED) is 0.926. The van der Waals surface area contributed by atoms with Crippen LogP contribution < -0.4 is 5.32 Å². The molecule has 2 fully saturated rings. The minimum Gasteiger partial charge on any atom is -0.336 e. The van der Waals surface area contributed by atoms with Gasteiger partial charge in [-0.3, -0.25) is 0 Å². The number of urea groups is 1. The number of piperidine rings is 1. The van der Waals surface area contributed by atoms with E-state index in [0.717, 1.165) is 48.6 Å². The van der Waals surface area contributed by atoms with Gasteiger partial charge < -0.3 is 10.2 Å². The summed E-state index contributed by atoms with van der Waals surface area (Å²) in [4.78, 5) is 23.4. The Kier molecular flexibility index (Phi) is 4.32. The van der Waals surface area contributed by atoms with Crippen molar-refractivity contribution in [1.82, 2.24) is 20.2 Å². The van der Waals surface area contributed by atoms with E-state index in [-0.39, 0.29) is 12.1 Å². The van der Waals surface area contributed by atoms with Crippen LogP contribution in [-0.2, 0) is 0 Å². The van der Waals surface area contributed by atoms with Gasteiger partial charge >= 0.3 is 6.03 Å². The zero-order chi connectivity index (χ0) is 17.4. The molecule has 0 atom stereocenters. The maximum atomic E-state index is 12.1. The molecule has 2 aromatic heterocycles. The van der Waals surface area contributed by atoms with Crippen molar-refractivity contribution in [3.05, 3.63) is 35.7 Å². The summed E-state index contributed by atoms with van der Waals surface area (Å²) in [6.07, 6.45) is 6.51. The Hall–Kier alpha value is -2.17. The van der Waals surface area contributed by atoms with Crippen molar-refractivity contribution in [2.75, 3.05) is 13.1 Å². The Labute approximate surface area is 148 Å². The molecule has 5 heteroatoms. The molecule has 1 aliphatic carbocycles. The van der Waals surface area contributed by atoms with Gasteiger partial charge in [-0.15, -0.1) is 0 Å². The second kappa shape index (κ2) is 6.62. The normalized spacial score (nSPS) is 18.8. The number of nitrogens with one attached hydrogen (secondary N) is 1. The van der Waals surface area contributed by atoms with E-state index in [2.05, 4.69) is 28.5 Å². The van der Waals surface area contributed by atoms with Gasteiger partial charge in [0, 0.05) is 42.3 Å². The molecule has 1 saturated carbocycles. The van der Waals surface area contributed by atoms with E-state index in [4.69, 9.17) is 4.98 Å². The topological polar surface area (TPSA) is 58.1 Å². The van der Waals surface area contributed by atoms with Gasteiger partial charge in [0.15, 0.2) is 5.65 Å². The minimum absolute atomic E-state index is 0.0502. The Balaban J connectivity index is 1.44. The van der Waals surface area contributed by atoms with Crippen LogP contribution in [0, 0.1) is 0 Å². The molecule has 0 unspecified atom stereocenters. The predicted molar refractivity (Wildman–Crippen MR) is 98.7 cm³/mol. The average Bonchev–Trinajstić information content (AvgIpc) is 3.45. The SMILES string of the molecule is CC(C)NC(=O)N1CCC(c2ccc3cc(C4CC4)cnc3n2)CC1. The number of carbonyl (C=O) groups is 1. The number of amides is 2. The van der Waals surface area contributed by atoms with Crippen molar-refractivity contribution in [3.63, 3.8) is 0 Å². The van der Waals surface area contributed by atoms with Crippen LogP contribution >= 0.6 is 0 Å². The summed E-state index contributed by atoms with van der Waals surface area (Å²) in [7, 11) is 0. The smallest absolute Gasteiger partial charge is 0.317 e. The highest BCUT2D eigenvalue weighted by molar-refractivity contribution is 5.76. The number of likely N-dealkylation sites (tertiary alicyclic amines) is 1. The van der Waals surface area contributed by atoms with Crippen molar-refractivity contribution in [3.8, 4) is 0 Å². The number of carbonyl (C=O) groups excluding carboxylic acids is 1. The number of hydrogen-bond acceptors (Lipinski definition) is 3. The van der Waals surface area contributed by atoms with Crippen molar-refractivity contribution in [2.45, 2.75) is 57.4 Å². The third kappa shape index (κ3) is 3.60. The Morgan fingerprint density at radius 2 is 1.92 bits per heavy atom. The fraction of sp³-hybridized carbons (Fsp3) is 0.550. The summed E-state index contributed by atoms with van der Waals surface area (Å²) in [5, 5.41) is 4.11. The number of fused-ring (bicyclic) bond motifs is 1. The standard InChI is InChI=1S/C20H26N4O/c1-13(2)22-20(25)24-9-7-15(8-10-24)18-6-5-16-11-17(14-3-4-14)12-21-19(16)23-18/h5-6,11-15H,3-4,7-10H2,1-2H3,(H,22,25). The molecular weight excluding hydrogens is 312 g/mol. The third-order valence-electron chi connectivity index (χ3n) is 5.25. The van der Waals surface area contributed by atoms with Crippen LogP contribution in [0.5, 0.6) is 0 Å². The molecule has 5 nitrogen and oxygen atoms in total. The van der Waals surface area contributed by atoms with E-state index in [1.165, 1.54) is 18.4 Å². The molecule has 0 spiro atoms. The van der Waals surface area contributed by atoms with Crippen LogP contribution in [0.1, 0.15) is 62.6 Å². The largest absolute Gasteiger partial charge is 0.336 e. The highest BCUT2D eigenvalue weighted by atomic mass is 16.2. The van der Waals surface area contributed by atoms with E-state index in [1.807, 2.05) is 24.9 Å². The van der Waals surface area contributed by atoms with Crippen molar-refractivity contribution < 1.29 is 4.79 Å². The van der Waals surface area contributed by atoms with E-state index >= 15 is 0 Å². The highest BCUT2D eigenvalue weighted by Crippen LogP contribution is 2.40. The first-order chi connectivity index (χ1) is 12.1. The molecule has 0 radical (unpaired) electrons. The van der Waals surface area contributed by atoms with Crippen molar-refractivity contribution in [1.29, 1.82) is 0 Å². The summed E-state index contributed by atoms with van der Waals surface area (Å²) in [5.74, 6) is 1.13. The van der Waals surface area contributed by atoms with Gasteiger partial charge in [-0.1, -0.05) is 0 Å². The van der Waals surface area contributed by atoms with E-state index in [0.29, 0.717) is 5.92 Å². The second-order valence-corrected chi connectivity index (χ2v) is 7.69. The Morgan fingerprint density at radius 3 is 2.60 bits per heavy atom. The van der Waals surface area contributed by atoms with Gasteiger partial charge in [0.25, 0.3) is 0 Å². The lowest BCUT2D eigenvalue weighted by Crippen LogP contribution is -2.46. The number of hydrogen-bond donors (Lipinski definition) is 1. The fourth-order valence-corrected chi connectivity index (χ4v) is 3.63. The van der Waals surface area contributed by atoms with Crippen molar-refractivity contribution in [2.24, 2.45) is 0 Å². The number of nitrogens with zero attached hydrogens (tertiary/aromatic N) is 3. The maximum absolute atomic E-state index is 12.1. The molecule has 1 aliphatic heterocycles. The zero-order valence-corrected chi connectivity index (χ0v) is 15.0. The summed E-state index contributed by atoms with van der Waals surface area (Å²) >= 11 is 0. The van der Waals surface area contributed by atoms with Gasteiger partial charge in [0.2, 0.25) is 0 Å². The van der Waals surface area contributed by atoms with Crippen LogP contribution in [0.2, 0.25) is 0 Å². The molecular formula is C20H26N4O. The molecule has 2 amide bonds. The van der Waals surface area contributed by atoms with E-state index < -0.39 is 0 Å². The summed E-state index contributed by atoms with van der Waals surface area (Å²) in [5.41, 5.74) is 3.32. The molecule has 132 valence electrons. The monoisotopic (exact) mass is 338 g/mol. The lowest BCUT2D eigenvalue weighted by molar-refractivity contribution is 0.178. The number of pyridine rings is 2. The predicted octanol–water partition coefficient (Wildman–Crippen LogP) is 3.80. The molecule has 25 heavy (non-hydrogen) atoms. The van der Waals surface area contributed by atoms with Gasteiger partial charge in [0.05, 0.1) is 0 Å². The first-order valence-corrected chi connectivity index (χ1v) is 9.42. The van der Waals surface area contributed by atoms with Gasteiger partial charge in [-0.05, 0) is 69.2 Å². The third-order valence-corrected chi connectivity index (χ3v) is 5.25. The van der Waals surface area contributed by atoms with E-state index in [1.54, 1.807) is 0 Å². The van der Waals surface area contributed by atoms with Crippen LogP contribution in [0.25, 0.3) is 11.0 Å². The van der Waals surface area contributed by atoms with Gasteiger partial charge in [-0.25, -0.2) is 14.8 Å². The molecule has 1 N–H and O–H groups in total. The maximum Gasteiger partial charge on any atom is 0.317 e. The minimum atomic E-state index is 0.0502. The molecule has 4 rings (SSSR count). The number of aromatic nitrogens is 2. The Bertz CT molecular complexity index is 776. The first kappa shape index (κ1) is 16.3. The number of rotatable bonds is 3. The van der Waals surface area contributed by atoms with Gasteiger partial charge in [0.1, 0.15) is 0 Å². The second-order valence-electron chi connectivity index (χ2n) is 7.69. The van der Waals surface area contributed by atoms with Crippen LogP contribution in [0.4, 0.5) is 4.79 Å². The summed E-state index contributed by atoms with van der Waals surface area (Å²) in [6, 6.07) is 6.78. The zero-order valence-electron chi connectivity index (χ0n) is 15.0. The molecule has 0 bridgehead atoms. The first-order valence-electron chi connectivity index (χ1n) is 9.42. The molecule has 0 aromatic carbocycles.